The molecule has 0 aromatic carbocycles. The number of nitrogens with one attached hydrogen (secondary N) is 1. The molecule has 0 aliphatic rings. The maximum Gasteiger partial charge on any atom is 0.303 e. The molecule has 70 valence electrons. The lowest BCUT2D eigenvalue weighted by Crippen LogP contribution is -1.92. The average Bonchev–Trinajstić information content (AvgIpc) is 2.55. The number of imidazole rings is 1. The fourth-order valence-corrected chi connectivity index (χ4v) is 0.939. The largest absolute Gasteiger partial charge is 0.481 e. The highest BCUT2D eigenvalue weighted by Gasteiger charge is 1.93. The molecule has 13 heavy (non-hydrogen) atoms. The van der Waals surface area contributed by atoms with E-state index in [0.29, 0.717) is 6.42 Å². The van der Waals surface area contributed by atoms with Crippen LogP contribution in [0, 0.1) is 0 Å². The van der Waals surface area contributed by atoms with Crippen molar-refractivity contribution >= 4 is 12.0 Å². The van der Waals surface area contributed by atoms with E-state index in [1.54, 1.807) is 12.5 Å². The first-order valence-corrected chi connectivity index (χ1v) is 4.16. The molecule has 0 bridgehead atoms. The van der Waals surface area contributed by atoms with Gasteiger partial charge in [0.15, 0.2) is 0 Å². The fourth-order valence-electron chi connectivity index (χ4n) is 0.939. The number of unbranched alkanes of at least 4 members (excludes halogenated alkanes) is 1. The zero-order chi connectivity index (χ0) is 9.52. The van der Waals surface area contributed by atoms with Gasteiger partial charge in [-0.05, 0) is 18.9 Å². The third-order valence-corrected chi connectivity index (χ3v) is 1.58. The van der Waals surface area contributed by atoms with Crippen LogP contribution in [0.2, 0.25) is 0 Å². The predicted octanol–water partition coefficient (Wildman–Crippen LogP) is 1.68. The molecule has 0 fully saturated rings. The number of allylic oxidation sites excluding steroid dienone is 1. The smallest absolute Gasteiger partial charge is 0.303 e. The summed E-state index contributed by atoms with van der Waals surface area (Å²) < 4.78 is 0. The molecule has 1 rings (SSSR count). The molecular weight excluding hydrogens is 168 g/mol. The quantitative estimate of drug-likeness (QED) is 0.677. The molecule has 0 radical (unpaired) electrons. The Morgan fingerprint density at radius 1 is 1.69 bits per heavy atom. The average molecular weight is 180 g/mol. The van der Waals surface area contributed by atoms with Gasteiger partial charge >= 0.3 is 5.97 Å². The van der Waals surface area contributed by atoms with Crippen LogP contribution in [0.15, 0.2) is 18.6 Å². The standard InChI is InChI=1S/C9H12N2O2/c12-9(13)5-3-1-2-4-8-6-10-7-11-8/h2,4,6-7H,1,3,5H2,(H,10,11)(H,12,13)/b4-2+. The highest BCUT2D eigenvalue weighted by molar-refractivity contribution is 5.66. The third-order valence-electron chi connectivity index (χ3n) is 1.58. The summed E-state index contributed by atoms with van der Waals surface area (Å²) in [5.41, 5.74) is 0.940. The molecule has 0 saturated heterocycles. The second-order valence-corrected chi connectivity index (χ2v) is 2.70. The van der Waals surface area contributed by atoms with E-state index in [4.69, 9.17) is 5.11 Å². The van der Waals surface area contributed by atoms with E-state index in [1.165, 1.54) is 0 Å². The lowest BCUT2D eigenvalue weighted by Gasteiger charge is -1.89. The number of rotatable bonds is 5. The van der Waals surface area contributed by atoms with Crippen LogP contribution >= 0.6 is 0 Å². The first kappa shape index (κ1) is 9.51. The van der Waals surface area contributed by atoms with Gasteiger partial charge in [0, 0.05) is 6.42 Å². The SMILES string of the molecule is O=C(O)CCC/C=C/c1cnc[nH]1. The highest BCUT2D eigenvalue weighted by atomic mass is 16.4. The summed E-state index contributed by atoms with van der Waals surface area (Å²) in [6.07, 6.45) is 8.86. The van der Waals surface area contributed by atoms with Crippen molar-refractivity contribution in [1.82, 2.24) is 9.97 Å². The van der Waals surface area contributed by atoms with Crippen molar-refractivity contribution in [1.29, 1.82) is 0 Å². The molecule has 0 saturated carbocycles. The molecular formula is C9H12N2O2. The molecule has 1 aromatic rings. The van der Waals surface area contributed by atoms with Crippen molar-refractivity contribution in [2.45, 2.75) is 19.3 Å². The number of aromatic amines is 1. The van der Waals surface area contributed by atoms with E-state index in [-0.39, 0.29) is 6.42 Å². The number of aromatic nitrogens is 2. The van der Waals surface area contributed by atoms with Crippen molar-refractivity contribution in [3.8, 4) is 0 Å². The van der Waals surface area contributed by atoms with Crippen molar-refractivity contribution in [2.24, 2.45) is 0 Å². The normalized spacial score (nSPS) is 10.8. The summed E-state index contributed by atoms with van der Waals surface area (Å²) >= 11 is 0. The van der Waals surface area contributed by atoms with E-state index in [2.05, 4.69) is 9.97 Å². The molecule has 0 atom stereocenters. The van der Waals surface area contributed by atoms with E-state index in [9.17, 15) is 4.79 Å². The highest BCUT2D eigenvalue weighted by Crippen LogP contribution is 2.00. The summed E-state index contributed by atoms with van der Waals surface area (Å²) in [6.45, 7) is 0. The molecule has 0 amide bonds. The lowest BCUT2D eigenvalue weighted by molar-refractivity contribution is -0.137. The Hall–Kier alpha value is -1.58. The minimum absolute atomic E-state index is 0.229. The van der Waals surface area contributed by atoms with Crippen LogP contribution in [-0.4, -0.2) is 21.0 Å². The van der Waals surface area contributed by atoms with Crippen molar-refractivity contribution in [2.75, 3.05) is 0 Å². The Morgan fingerprint density at radius 2 is 2.54 bits per heavy atom. The lowest BCUT2D eigenvalue weighted by atomic mass is 10.2. The van der Waals surface area contributed by atoms with E-state index < -0.39 is 5.97 Å². The number of hydrogen-bond donors (Lipinski definition) is 2. The molecule has 2 N–H and O–H groups in total. The van der Waals surface area contributed by atoms with Crippen LogP contribution in [0.3, 0.4) is 0 Å². The molecule has 1 aromatic heterocycles. The molecule has 0 aliphatic heterocycles. The van der Waals surface area contributed by atoms with Crippen LogP contribution in [0.25, 0.3) is 6.08 Å². The van der Waals surface area contributed by atoms with Gasteiger partial charge in [0.2, 0.25) is 0 Å². The molecule has 4 heteroatoms. The molecule has 0 spiro atoms. The molecule has 4 nitrogen and oxygen atoms in total. The molecule has 0 aliphatic carbocycles. The number of carbonyl (C=O) groups is 1. The number of aliphatic carboxylic acids is 1. The van der Waals surface area contributed by atoms with Crippen LogP contribution in [0.5, 0.6) is 0 Å². The Bertz CT molecular complexity index is 278. The van der Waals surface area contributed by atoms with Gasteiger partial charge in [-0.2, -0.15) is 0 Å². The number of carboxylic acid groups (broad SMARTS) is 1. The zero-order valence-corrected chi connectivity index (χ0v) is 7.23. The number of hydrogen-bond acceptors (Lipinski definition) is 2. The predicted molar refractivity (Wildman–Crippen MR) is 49.1 cm³/mol. The summed E-state index contributed by atoms with van der Waals surface area (Å²) in [7, 11) is 0. The topological polar surface area (TPSA) is 66.0 Å². The number of nitrogens with zero attached hydrogens (tertiary/aromatic N) is 1. The van der Waals surface area contributed by atoms with Crippen molar-refractivity contribution in [3.63, 3.8) is 0 Å². The molecule has 0 unspecified atom stereocenters. The van der Waals surface area contributed by atoms with Crippen molar-refractivity contribution < 1.29 is 9.90 Å². The Labute approximate surface area is 76.3 Å². The second kappa shape index (κ2) is 5.13. The zero-order valence-electron chi connectivity index (χ0n) is 7.23. The van der Waals surface area contributed by atoms with Gasteiger partial charge in [-0.3, -0.25) is 4.79 Å². The van der Waals surface area contributed by atoms with Crippen LogP contribution < -0.4 is 0 Å². The summed E-state index contributed by atoms with van der Waals surface area (Å²) in [6, 6.07) is 0. The summed E-state index contributed by atoms with van der Waals surface area (Å²) in [5.74, 6) is -0.741. The maximum absolute atomic E-state index is 10.2. The van der Waals surface area contributed by atoms with E-state index in [0.717, 1.165) is 12.1 Å². The summed E-state index contributed by atoms with van der Waals surface area (Å²) in [5, 5.41) is 8.36. The minimum Gasteiger partial charge on any atom is -0.481 e. The molecule has 1 heterocycles. The Kier molecular flexibility index (Phi) is 3.75. The van der Waals surface area contributed by atoms with Gasteiger partial charge in [-0.15, -0.1) is 0 Å². The van der Waals surface area contributed by atoms with Gasteiger partial charge in [0.25, 0.3) is 0 Å². The summed E-state index contributed by atoms with van der Waals surface area (Å²) in [4.78, 5) is 16.9. The Morgan fingerprint density at radius 3 is 3.15 bits per heavy atom. The monoisotopic (exact) mass is 180 g/mol. The first-order valence-electron chi connectivity index (χ1n) is 4.16. The number of H-pyrrole nitrogens is 1. The van der Waals surface area contributed by atoms with Crippen LogP contribution in [-0.2, 0) is 4.79 Å². The second-order valence-electron chi connectivity index (χ2n) is 2.70. The van der Waals surface area contributed by atoms with Crippen molar-refractivity contribution in [3.05, 3.63) is 24.3 Å². The number of carboxylic acids is 1. The van der Waals surface area contributed by atoms with Gasteiger partial charge in [-0.1, -0.05) is 6.08 Å². The van der Waals surface area contributed by atoms with E-state index >= 15 is 0 Å². The van der Waals surface area contributed by atoms with Crippen LogP contribution in [0.4, 0.5) is 0 Å². The fraction of sp³-hybridized carbons (Fsp3) is 0.333. The van der Waals surface area contributed by atoms with Gasteiger partial charge in [-0.25, -0.2) is 4.98 Å². The van der Waals surface area contributed by atoms with E-state index in [1.807, 2.05) is 12.2 Å². The van der Waals surface area contributed by atoms with Crippen LogP contribution in [0.1, 0.15) is 25.0 Å². The Balaban J connectivity index is 2.16. The first-order chi connectivity index (χ1) is 6.29. The van der Waals surface area contributed by atoms with Gasteiger partial charge in [0.05, 0.1) is 18.2 Å². The third kappa shape index (κ3) is 4.10. The van der Waals surface area contributed by atoms with Gasteiger partial charge in [0.1, 0.15) is 0 Å². The minimum atomic E-state index is -0.741. The maximum atomic E-state index is 10.2. The van der Waals surface area contributed by atoms with Gasteiger partial charge < -0.3 is 10.1 Å².